The van der Waals surface area contributed by atoms with E-state index in [9.17, 15) is 18.0 Å². The Morgan fingerprint density at radius 3 is 2.05 bits per heavy atom. The summed E-state index contributed by atoms with van der Waals surface area (Å²) in [6.07, 6.45) is 3.18. The van der Waals surface area contributed by atoms with Crippen molar-refractivity contribution in [3.05, 3.63) is 0 Å². The lowest BCUT2D eigenvalue weighted by atomic mass is 9.96. The Morgan fingerprint density at radius 1 is 1.05 bits per heavy atom. The maximum absolute atomic E-state index is 12.4. The van der Waals surface area contributed by atoms with Crippen LogP contribution in [0.2, 0.25) is 0 Å². The second-order valence-electron chi connectivity index (χ2n) is 5.40. The number of sulfonamides is 1. The van der Waals surface area contributed by atoms with Gasteiger partial charge in [-0.3, -0.25) is 9.59 Å². The van der Waals surface area contributed by atoms with Crippen LogP contribution in [-0.4, -0.2) is 80.4 Å². The molecule has 20 heavy (non-hydrogen) atoms. The molecule has 2 aliphatic heterocycles. The fourth-order valence-electron chi connectivity index (χ4n) is 2.74. The molecule has 0 aliphatic carbocycles. The first-order chi connectivity index (χ1) is 9.41. The van der Waals surface area contributed by atoms with E-state index in [0.29, 0.717) is 52.1 Å². The summed E-state index contributed by atoms with van der Waals surface area (Å²) in [6, 6.07) is 0. The van der Waals surface area contributed by atoms with Crippen LogP contribution in [0.1, 0.15) is 12.8 Å². The monoisotopic (exact) mass is 303 g/mol. The summed E-state index contributed by atoms with van der Waals surface area (Å²) in [5.41, 5.74) is 0. The zero-order valence-electron chi connectivity index (χ0n) is 11.7. The van der Waals surface area contributed by atoms with E-state index < -0.39 is 10.0 Å². The largest absolute Gasteiger partial charge is 0.342 e. The molecule has 2 aliphatic rings. The molecule has 2 rings (SSSR count). The van der Waals surface area contributed by atoms with Crippen LogP contribution < -0.4 is 0 Å². The topological polar surface area (TPSA) is 78.0 Å². The predicted molar refractivity (Wildman–Crippen MR) is 73.4 cm³/mol. The highest BCUT2D eigenvalue weighted by Gasteiger charge is 2.32. The molecule has 0 aromatic carbocycles. The van der Waals surface area contributed by atoms with E-state index in [-0.39, 0.29) is 11.8 Å². The number of nitrogens with zero attached hydrogens (tertiary/aromatic N) is 3. The standard InChI is InChI=1S/C12H21N3O4S/c1-20(18,19)15-4-2-11(3-5-15)12(17)14-8-6-13(10-16)7-9-14/h10-11H,2-9H2,1H3. The summed E-state index contributed by atoms with van der Waals surface area (Å²) < 4.78 is 24.3. The van der Waals surface area contributed by atoms with E-state index in [2.05, 4.69) is 0 Å². The van der Waals surface area contributed by atoms with E-state index in [1.807, 2.05) is 0 Å². The number of rotatable bonds is 3. The molecular formula is C12H21N3O4S. The number of hydrogen-bond donors (Lipinski definition) is 0. The van der Waals surface area contributed by atoms with Gasteiger partial charge in [-0.1, -0.05) is 0 Å². The summed E-state index contributed by atoms with van der Waals surface area (Å²) in [5, 5.41) is 0. The lowest BCUT2D eigenvalue weighted by Gasteiger charge is -2.37. The van der Waals surface area contributed by atoms with Crippen molar-refractivity contribution in [1.82, 2.24) is 14.1 Å². The van der Waals surface area contributed by atoms with Gasteiger partial charge in [-0.05, 0) is 12.8 Å². The van der Waals surface area contributed by atoms with Gasteiger partial charge >= 0.3 is 0 Å². The van der Waals surface area contributed by atoms with Gasteiger partial charge in [0, 0.05) is 45.2 Å². The molecule has 2 fully saturated rings. The van der Waals surface area contributed by atoms with Crippen molar-refractivity contribution in [3.63, 3.8) is 0 Å². The second kappa shape index (κ2) is 6.09. The van der Waals surface area contributed by atoms with E-state index in [1.54, 1.807) is 9.80 Å². The molecule has 8 heteroatoms. The van der Waals surface area contributed by atoms with Crippen LogP contribution in [0.5, 0.6) is 0 Å². The maximum Gasteiger partial charge on any atom is 0.225 e. The van der Waals surface area contributed by atoms with Gasteiger partial charge in [0.2, 0.25) is 22.3 Å². The molecule has 2 heterocycles. The SMILES string of the molecule is CS(=O)(=O)N1CCC(C(=O)N2CCN(C=O)CC2)CC1. The summed E-state index contributed by atoms with van der Waals surface area (Å²) in [5.74, 6) is 0.0134. The molecule has 7 nitrogen and oxygen atoms in total. The minimum Gasteiger partial charge on any atom is -0.342 e. The van der Waals surface area contributed by atoms with Gasteiger partial charge in [-0.2, -0.15) is 0 Å². The molecule has 0 N–H and O–H groups in total. The van der Waals surface area contributed by atoms with Crippen LogP contribution in [0.15, 0.2) is 0 Å². The minimum atomic E-state index is -3.15. The van der Waals surface area contributed by atoms with E-state index in [4.69, 9.17) is 0 Å². The summed E-state index contributed by atoms with van der Waals surface area (Å²) in [7, 11) is -3.15. The lowest BCUT2D eigenvalue weighted by molar-refractivity contribution is -0.140. The number of hydrogen-bond acceptors (Lipinski definition) is 4. The molecule has 0 radical (unpaired) electrons. The van der Waals surface area contributed by atoms with Crippen LogP contribution in [0.25, 0.3) is 0 Å². The Morgan fingerprint density at radius 2 is 1.60 bits per heavy atom. The minimum absolute atomic E-state index is 0.0872. The molecule has 2 amide bonds. The van der Waals surface area contributed by atoms with Crippen molar-refractivity contribution in [2.45, 2.75) is 12.8 Å². The van der Waals surface area contributed by atoms with Gasteiger partial charge in [0.15, 0.2) is 0 Å². The first-order valence-corrected chi connectivity index (χ1v) is 8.70. The Labute approximate surface area is 119 Å². The average Bonchev–Trinajstić information content (AvgIpc) is 2.46. The zero-order valence-corrected chi connectivity index (χ0v) is 12.5. The third kappa shape index (κ3) is 3.49. The number of carbonyl (C=O) groups is 2. The third-order valence-electron chi connectivity index (χ3n) is 4.05. The molecule has 0 spiro atoms. The van der Waals surface area contributed by atoms with Gasteiger partial charge in [-0.25, -0.2) is 12.7 Å². The van der Waals surface area contributed by atoms with Crippen LogP contribution in [0.4, 0.5) is 0 Å². The van der Waals surface area contributed by atoms with Gasteiger partial charge in [-0.15, -0.1) is 0 Å². The third-order valence-corrected chi connectivity index (χ3v) is 5.35. The number of piperazine rings is 1. The fraction of sp³-hybridized carbons (Fsp3) is 0.833. The number of carbonyl (C=O) groups excluding carboxylic acids is 2. The van der Waals surface area contributed by atoms with Crippen LogP contribution in [0.3, 0.4) is 0 Å². The van der Waals surface area contributed by atoms with Crippen LogP contribution in [0, 0.1) is 5.92 Å². The molecule has 0 saturated carbocycles. The Hall–Kier alpha value is -1.15. The Balaban J connectivity index is 1.85. The van der Waals surface area contributed by atoms with Crippen molar-refractivity contribution in [2.75, 3.05) is 45.5 Å². The number of amides is 2. The van der Waals surface area contributed by atoms with E-state index in [1.165, 1.54) is 10.6 Å². The van der Waals surface area contributed by atoms with Crippen molar-refractivity contribution in [2.24, 2.45) is 5.92 Å². The molecule has 0 unspecified atom stereocenters. The predicted octanol–water partition coefficient (Wildman–Crippen LogP) is -1.04. The van der Waals surface area contributed by atoms with E-state index >= 15 is 0 Å². The molecular weight excluding hydrogens is 282 g/mol. The lowest BCUT2D eigenvalue weighted by Crippen LogP contribution is -2.51. The smallest absolute Gasteiger partial charge is 0.225 e. The first kappa shape index (κ1) is 15.2. The molecule has 0 aromatic rings. The van der Waals surface area contributed by atoms with Gasteiger partial charge in [0.05, 0.1) is 6.26 Å². The highest BCUT2D eigenvalue weighted by atomic mass is 32.2. The van der Waals surface area contributed by atoms with Gasteiger partial charge < -0.3 is 9.80 Å². The molecule has 114 valence electrons. The van der Waals surface area contributed by atoms with E-state index in [0.717, 1.165) is 6.41 Å². The summed E-state index contributed by atoms with van der Waals surface area (Å²) >= 11 is 0. The second-order valence-corrected chi connectivity index (χ2v) is 7.39. The molecule has 0 atom stereocenters. The highest BCUT2D eigenvalue weighted by molar-refractivity contribution is 7.88. The maximum atomic E-state index is 12.4. The summed E-state index contributed by atoms with van der Waals surface area (Å²) in [6.45, 7) is 3.15. The molecule has 0 bridgehead atoms. The zero-order chi connectivity index (χ0) is 14.8. The summed E-state index contributed by atoms with van der Waals surface area (Å²) in [4.78, 5) is 26.4. The van der Waals surface area contributed by atoms with Crippen molar-refractivity contribution in [3.8, 4) is 0 Å². The highest BCUT2D eigenvalue weighted by Crippen LogP contribution is 2.21. The average molecular weight is 303 g/mol. The molecule has 0 aromatic heterocycles. The Bertz CT molecular complexity index is 463. The van der Waals surface area contributed by atoms with Crippen LogP contribution >= 0.6 is 0 Å². The first-order valence-electron chi connectivity index (χ1n) is 6.85. The van der Waals surface area contributed by atoms with Gasteiger partial charge in [0.1, 0.15) is 0 Å². The quantitative estimate of drug-likeness (QED) is 0.624. The molecule has 2 saturated heterocycles. The van der Waals surface area contributed by atoms with Crippen LogP contribution in [-0.2, 0) is 19.6 Å². The van der Waals surface area contributed by atoms with Crippen molar-refractivity contribution >= 4 is 22.3 Å². The van der Waals surface area contributed by atoms with Gasteiger partial charge in [0.25, 0.3) is 0 Å². The van der Waals surface area contributed by atoms with Crippen molar-refractivity contribution < 1.29 is 18.0 Å². The Kier molecular flexibility index (Phi) is 4.64. The normalized spacial score (nSPS) is 22.9. The van der Waals surface area contributed by atoms with Crippen molar-refractivity contribution in [1.29, 1.82) is 0 Å². The fourth-order valence-corrected chi connectivity index (χ4v) is 3.61. The number of piperidine rings is 1.